The summed E-state index contributed by atoms with van der Waals surface area (Å²) in [5.74, 6) is 1.80. The molecule has 0 saturated heterocycles. The first-order valence-electron chi connectivity index (χ1n) is 15.3. The largest absolute Gasteiger partial charge is 0.456 e. The van der Waals surface area contributed by atoms with Crippen LogP contribution in [-0.2, 0) is 0 Å². The topological polar surface area (TPSA) is 65.0 Å². The van der Waals surface area contributed by atoms with Crippen LogP contribution in [0.25, 0.3) is 99.6 Å². The summed E-state index contributed by atoms with van der Waals surface area (Å²) in [4.78, 5) is 15.1. The third kappa shape index (κ3) is 3.72. The first kappa shape index (κ1) is 25.0. The quantitative estimate of drug-likeness (QED) is 0.192. The van der Waals surface area contributed by atoms with Crippen molar-refractivity contribution < 1.29 is 8.83 Å². The highest BCUT2D eigenvalue weighted by Gasteiger charge is 2.18. The first-order chi connectivity index (χ1) is 22.8. The van der Waals surface area contributed by atoms with Crippen LogP contribution >= 0.6 is 0 Å². The van der Waals surface area contributed by atoms with Crippen molar-refractivity contribution in [3.05, 3.63) is 140 Å². The Bertz CT molecular complexity index is 2810. The van der Waals surface area contributed by atoms with Crippen LogP contribution in [0.2, 0.25) is 0 Å². The fraction of sp³-hybridized carbons (Fsp3) is 0. The SMILES string of the molecule is c1ccc(-c2nc(-c3ccc4c(c3)oc3ccccc34)nc(-c3ccc4c5ccccc5c5oc6ccccc6c5c4c3)n2)cc1. The highest BCUT2D eigenvalue weighted by molar-refractivity contribution is 6.30. The summed E-state index contributed by atoms with van der Waals surface area (Å²) in [5, 5.41) is 8.85. The molecule has 3 heterocycles. The predicted molar refractivity (Wildman–Crippen MR) is 186 cm³/mol. The molecule has 0 unspecified atom stereocenters. The second kappa shape index (κ2) is 9.58. The summed E-state index contributed by atoms with van der Waals surface area (Å²) in [6.45, 7) is 0. The molecule has 0 aliphatic rings. The van der Waals surface area contributed by atoms with Crippen LogP contribution in [0.5, 0.6) is 0 Å². The van der Waals surface area contributed by atoms with Crippen LogP contribution in [0.15, 0.2) is 148 Å². The zero-order valence-electron chi connectivity index (χ0n) is 24.4. The van der Waals surface area contributed by atoms with Crippen molar-refractivity contribution in [2.45, 2.75) is 0 Å². The Morgan fingerprint density at radius 3 is 1.61 bits per heavy atom. The van der Waals surface area contributed by atoms with Crippen LogP contribution in [0.4, 0.5) is 0 Å². The van der Waals surface area contributed by atoms with Crippen LogP contribution in [0.1, 0.15) is 0 Å². The minimum Gasteiger partial charge on any atom is -0.456 e. The normalized spacial score (nSPS) is 11.9. The number of hydrogen-bond donors (Lipinski definition) is 0. The van der Waals surface area contributed by atoms with Gasteiger partial charge in [0.1, 0.15) is 22.3 Å². The molecule has 0 aliphatic carbocycles. The van der Waals surface area contributed by atoms with Crippen molar-refractivity contribution in [1.29, 1.82) is 0 Å². The molecule has 46 heavy (non-hydrogen) atoms. The van der Waals surface area contributed by atoms with Crippen molar-refractivity contribution in [3.8, 4) is 34.2 Å². The molecule has 0 bridgehead atoms. The van der Waals surface area contributed by atoms with Crippen molar-refractivity contribution >= 4 is 65.4 Å². The molecule has 0 saturated carbocycles. The monoisotopic (exact) mass is 589 g/mol. The molecule has 10 aromatic rings. The van der Waals surface area contributed by atoms with Gasteiger partial charge in [-0.1, -0.05) is 109 Å². The highest BCUT2D eigenvalue weighted by Crippen LogP contribution is 2.42. The van der Waals surface area contributed by atoms with E-state index in [9.17, 15) is 0 Å². The van der Waals surface area contributed by atoms with Gasteiger partial charge in [0.25, 0.3) is 0 Å². The average Bonchev–Trinajstić information content (AvgIpc) is 3.70. The molecule has 0 N–H and O–H groups in total. The molecule has 214 valence electrons. The smallest absolute Gasteiger partial charge is 0.164 e. The summed E-state index contributed by atoms with van der Waals surface area (Å²) in [6, 6.07) is 47.5. The van der Waals surface area contributed by atoms with Gasteiger partial charge in [0.2, 0.25) is 0 Å². The lowest BCUT2D eigenvalue weighted by molar-refractivity contribution is 0.669. The van der Waals surface area contributed by atoms with Crippen LogP contribution in [0.3, 0.4) is 0 Å². The second-order valence-electron chi connectivity index (χ2n) is 11.6. The Morgan fingerprint density at radius 1 is 0.326 bits per heavy atom. The lowest BCUT2D eigenvalue weighted by atomic mass is 9.95. The molecule has 7 aromatic carbocycles. The maximum absolute atomic E-state index is 6.48. The number of furan rings is 2. The molecule has 3 aromatic heterocycles. The molecule has 0 aliphatic heterocycles. The zero-order valence-corrected chi connectivity index (χ0v) is 24.4. The molecule has 0 spiro atoms. The van der Waals surface area contributed by atoms with Crippen molar-refractivity contribution in [2.24, 2.45) is 0 Å². The van der Waals surface area contributed by atoms with E-state index < -0.39 is 0 Å². The molecule has 0 fully saturated rings. The fourth-order valence-electron chi connectivity index (χ4n) is 6.76. The summed E-state index contributed by atoms with van der Waals surface area (Å²) in [5.41, 5.74) is 6.11. The number of benzene rings is 7. The van der Waals surface area contributed by atoms with Crippen molar-refractivity contribution in [1.82, 2.24) is 15.0 Å². The lowest BCUT2D eigenvalue weighted by Gasteiger charge is -2.11. The van der Waals surface area contributed by atoms with Gasteiger partial charge in [-0.15, -0.1) is 0 Å². The lowest BCUT2D eigenvalue weighted by Crippen LogP contribution is -2.00. The summed E-state index contributed by atoms with van der Waals surface area (Å²) in [6.07, 6.45) is 0. The minimum atomic E-state index is 0.587. The maximum atomic E-state index is 6.48. The van der Waals surface area contributed by atoms with Crippen molar-refractivity contribution in [2.75, 3.05) is 0 Å². The number of aromatic nitrogens is 3. The summed E-state index contributed by atoms with van der Waals surface area (Å²) >= 11 is 0. The van der Waals surface area contributed by atoms with E-state index in [2.05, 4.69) is 72.8 Å². The number of rotatable bonds is 3. The fourth-order valence-corrected chi connectivity index (χ4v) is 6.76. The molecular formula is C41H23N3O2. The third-order valence-corrected chi connectivity index (χ3v) is 8.91. The van der Waals surface area contributed by atoms with Crippen LogP contribution < -0.4 is 0 Å². The molecule has 0 atom stereocenters. The van der Waals surface area contributed by atoms with Gasteiger partial charge >= 0.3 is 0 Å². The molecule has 0 amide bonds. The van der Waals surface area contributed by atoms with Crippen LogP contribution in [0, 0.1) is 0 Å². The van der Waals surface area contributed by atoms with E-state index in [0.717, 1.165) is 82.1 Å². The van der Waals surface area contributed by atoms with E-state index in [1.807, 2.05) is 66.7 Å². The van der Waals surface area contributed by atoms with Gasteiger partial charge in [0, 0.05) is 43.6 Å². The van der Waals surface area contributed by atoms with Gasteiger partial charge in [-0.3, -0.25) is 0 Å². The maximum Gasteiger partial charge on any atom is 0.164 e. The van der Waals surface area contributed by atoms with E-state index in [-0.39, 0.29) is 0 Å². The standard InChI is InChI=1S/C41H23N3O2/c1-2-10-24(11-3-1)39-42-40(44-41(43-39)26-19-21-30-29-13-6-8-16-34(29)45-36(30)23-26)25-18-20-28-27-12-4-5-14-31(27)38-37(33(28)22-25)32-15-7-9-17-35(32)46-38/h1-23H. The van der Waals surface area contributed by atoms with Gasteiger partial charge in [-0.2, -0.15) is 0 Å². The Labute approximate surface area is 262 Å². The van der Waals surface area contributed by atoms with Gasteiger partial charge in [0.05, 0.1) is 0 Å². The third-order valence-electron chi connectivity index (χ3n) is 8.91. The van der Waals surface area contributed by atoms with Crippen molar-refractivity contribution in [3.63, 3.8) is 0 Å². The molecule has 10 rings (SSSR count). The summed E-state index contributed by atoms with van der Waals surface area (Å²) < 4.78 is 12.7. The Balaban J connectivity index is 1.23. The van der Waals surface area contributed by atoms with Crippen LogP contribution in [-0.4, -0.2) is 15.0 Å². The highest BCUT2D eigenvalue weighted by atomic mass is 16.3. The number of fused-ring (bicyclic) bond motifs is 11. The molecule has 5 nitrogen and oxygen atoms in total. The van der Waals surface area contributed by atoms with Gasteiger partial charge < -0.3 is 8.83 Å². The zero-order chi connectivity index (χ0) is 30.2. The number of para-hydroxylation sites is 2. The van der Waals surface area contributed by atoms with E-state index in [4.69, 9.17) is 23.8 Å². The number of nitrogens with zero attached hydrogens (tertiary/aromatic N) is 3. The Morgan fingerprint density at radius 2 is 0.848 bits per heavy atom. The predicted octanol–water partition coefficient (Wildman–Crippen LogP) is 11.0. The first-order valence-corrected chi connectivity index (χ1v) is 15.3. The summed E-state index contributed by atoms with van der Waals surface area (Å²) in [7, 11) is 0. The van der Waals surface area contributed by atoms with Gasteiger partial charge in [0.15, 0.2) is 17.5 Å². The van der Waals surface area contributed by atoms with E-state index in [1.165, 1.54) is 0 Å². The van der Waals surface area contributed by atoms with Gasteiger partial charge in [-0.25, -0.2) is 15.0 Å². The molecule has 0 radical (unpaired) electrons. The van der Waals surface area contributed by atoms with E-state index in [1.54, 1.807) is 0 Å². The van der Waals surface area contributed by atoms with Gasteiger partial charge in [-0.05, 0) is 46.5 Å². The van der Waals surface area contributed by atoms with E-state index >= 15 is 0 Å². The number of hydrogen-bond acceptors (Lipinski definition) is 5. The minimum absolute atomic E-state index is 0.587. The van der Waals surface area contributed by atoms with E-state index in [0.29, 0.717) is 17.5 Å². The molecular weight excluding hydrogens is 566 g/mol. The Hall–Kier alpha value is -6.33. The molecule has 5 heteroatoms. The average molecular weight is 590 g/mol. The second-order valence-corrected chi connectivity index (χ2v) is 11.6. The Kier molecular flexibility index (Phi) is 5.22.